The molecule has 1 aliphatic carbocycles. The second-order valence-electron chi connectivity index (χ2n) is 8.41. The molecule has 0 bridgehead atoms. The highest BCUT2D eigenvalue weighted by atomic mass is 16.6. The molecule has 0 heterocycles. The summed E-state index contributed by atoms with van der Waals surface area (Å²) in [6, 6.07) is 4.99. The van der Waals surface area contributed by atoms with Crippen LogP contribution >= 0.6 is 0 Å². The summed E-state index contributed by atoms with van der Waals surface area (Å²) in [5.41, 5.74) is 0.526. The van der Waals surface area contributed by atoms with Crippen LogP contribution in [0.2, 0.25) is 0 Å². The van der Waals surface area contributed by atoms with Crippen molar-refractivity contribution in [3.63, 3.8) is 0 Å². The summed E-state index contributed by atoms with van der Waals surface area (Å²) in [6.07, 6.45) is 11.0. The maximum absolute atomic E-state index is 12.7. The van der Waals surface area contributed by atoms with Gasteiger partial charge in [-0.25, -0.2) is 0 Å². The van der Waals surface area contributed by atoms with Crippen LogP contribution in [0, 0.1) is 5.92 Å². The van der Waals surface area contributed by atoms with Crippen LogP contribution < -0.4 is 4.74 Å². The van der Waals surface area contributed by atoms with Gasteiger partial charge in [-0.3, -0.25) is 14.4 Å². The van der Waals surface area contributed by atoms with Gasteiger partial charge < -0.3 is 9.47 Å². The van der Waals surface area contributed by atoms with E-state index in [1.807, 2.05) is 0 Å². The first-order valence-corrected chi connectivity index (χ1v) is 11.5. The van der Waals surface area contributed by atoms with Crippen LogP contribution in [-0.4, -0.2) is 30.2 Å². The van der Waals surface area contributed by atoms with E-state index >= 15 is 0 Å². The normalized spacial score (nSPS) is 15.5. The Bertz CT molecular complexity index is 722. The zero-order chi connectivity index (χ0) is 21.9. The monoisotopic (exact) mass is 416 g/mol. The number of benzene rings is 1. The molecule has 30 heavy (non-hydrogen) atoms. The highest BCUT2D eigenvalue weighted by Gasteiger charge is 2.43. The summed E-state index contributed by atoms with van der Waals surface area (Å²) >= 11 is 0. The van der Waals surface area contributed by atoms with Gasteiger partial charge in [0.2, 0.25) is 17.7 Å². The lowest BCUT2D eigenvalue weighted by Gasteiger charge is -2.11. The predicted molar refractivity (Wildman–Crippen MR) is 117 cm³/mol. The van der Waals surface area contributed by atoms with Gasteiger partial charge in [-0.1, -0.05) is 90.7 Å². The molecule has 0 aliphatic heterocycles. The lowest BCUT2D eigenvalue weighted by molar-refractivity contribution is -0.148. The van der Waals surface area contributed by atoms with Crippen molar-refractivity contribution >= 4 is 17.5 Å². The van der Waals surface area contributed by atoms with Crippen LogP contribution in [0.1, 0.15) is 106 Å². The Hall–Kier alpha value is -2.17. The maximum atomic E-state index is 12.7. The molecule has 0 amide bonds. The van der Waals surface area contributed by atoms with Gasteiger partial charge in [0.25, 0.3) is 0 Å². The van der Waals surface area contributed by atoms with Crippen LogP contribution in [0.4, 0.5) is 0 Å². The van der Waals surface area contributed by atoms with Crippen molar-refractivity contribution in [3.8, 4) is 5.75 Å². The van der Waals surface area contributed by atoms with Gasteiger partial charge >= 0.3 is 5.97 Å². The van der Waals surface area contributed by atoms with E-state index in [0.717, 1.165) is 12.8 Å². The third kappa shape index (κ3) is 6.68. The number of rotatable bonds is 14. The quantitative estimate of drug-likeness (QED) is 0.213. The number of carbonyl (C=O) groups is 3. The number of Topliss-reactive ketones (excluding diaryl/α,β-unsaturated/α-hetero) is 2. The Morgan fingerprint density at radius 3 is 2.10 bits per heavy atom. The van der Waals surface area contributed by atoms with E-state index in [2.05, 4.69) is 6.92 Å². The first kappa shape index (κ1) is 24.1. The van der Waals surface area contributed by atoms with E-state index < -0.39 is 29.6 Å². The molecule has 1 aliphatic rings. The first-order chi connectivity index (χ1) is 14.5. The lowest BCUT2D eigenvalue weighted by Crippen LogP contribution is -2.30. The van der Waals surface area contributed by atoms with E-state index in [1.54, 1.807) is 32.0 Å². The van der Waals surface area contributed by atoms with E-state index in [4.69, 9.17) is 9.47 Å². The first-order valence-electron chi connectivity index (χ1n) is 11.5. The second kappa shape index (κ2) is 12.5. The van der Waals surface area contributed by atoms with Crippen molar-refractivity contribution in [1.82, 2.24) is 0 Å². The van der Waals surface area contributed by atoms with Crippen LogP contribution in [-0.2, 0) is 9.53 Å². The Balaban J connectivity index is 1.76. The van der Waals surface area contributed by atoms with Crippen molar-refractivity contribution in [1.29, 1.82) is 0 Å². The summed E-state index contributed by atoms with van der Waals surface area (Å²) < 4.78 is 11.0. The number of ether oxygens (including phenoxy) is 2. The van der Waals surface area contributed by atoms with Crippen molar-refractivity contribution < 1.29 is 23.9 Å². The molecule has 0 fully saturated rings. The minimum Gasteiger partial charge on any atom is -0.493 e. The summed E-state index contributed by atoms with van der Waals surface area (Å²) in [5, 5.41) is 0. The maximum Gasteiger partial charge on any atom is 0.309 e. The lowest BCUT2D eigenvalue weighted by atomic mass is 10.1. The zero-order valence-corrected chi connectivity index (χ0v) is 18.7. The average Bonchev–Trinajstić information content (AvgIpc) is 2.97. The largest absolute Gasteiger partial charge is 0.493 e. The van der Waals surface area contributed by atoms with Gasteiger partial charge in [0.15, 0.2) is 0 Å². The average molecular weight is 417 g/mol. The highest BCUT2D eigenvalue weighted by molar-refractivity contribution is 6.30. The number of esters is 1. The van der Waals surface area contributed by atoms with Gasteiger partial charge in [0.05, 0.1) is 18.1 Å². The summed E-state index contributed by atoms with van der Waals surface area (Å²) in [7, 11) is 0. The number of carbonyl (C=O) groups excluding carboxylic acids is 3. The molecule has 0 saturated carbocycles. The molecule has 1 aromatic rings. The van der Waals surface area contributed by atoms with Crippen LogP contribution in [0.15, 0.2) is 18.2 Å². The Morgan fingerprint density at radius 1 is 0.900 bits per heavy atom. The van der Waals surface area contributed by atoms with Crippen molar-refractivity contribution in [2.24, 2.45) is 5.92 Å². The van der Waals surface area contributed by atoms with Crippen LogP contribution in [0.5, 0.6) is 5.75 Å². The van der Waals surface area contributed by atoms with E-state index in [-0.39, 0.29) is 11.1 Å². The highest BCUT2D eigenvalue weighted by Crippen LogP contribution is 2.32. The van der Waals surface area contributed by atoms with Crippen LogP contribution in [0.3, 0.4) is 0 Å². The summed E-state index contributed by atoms with van der Waals surface area (Å²) in [4.78, 5) is 37.1. The van der Waals surface area contributed by atoms with Gasteiger partial charge in [0, 0.05) is 5.56 Å². The molecular weight excluding hydrogens is 380 g/mol. The van der Waals surface area contributed by atoms with Crippen molar-refractivity contribution in [3.05, 3.63) is 29.3 Å². The molecule has 0 N–H and O–H groups in total. The standard InChI is InChI=1S/C25H36O5/c1-4-5-6-7-8-9-10-11-12-13-17-29-20-16-14-15-19-21(20)23(27)24(22(19)26)30-25(28)18(2)3/h14-16,18,24H,4-13,17H2,1-3H3. The summed E-state index contributed by atoms with van der Waals surface area (Å²) in [5.74, 6) is -1.50. The minimum atomic E-state index is -1.38. The summed E-state index contributed by atoms with van der Waals surface area (Å²) in [6.45, 7) is 6.07. The Kier molecular flexibility index (Phi) is 10.0. The predicted octanol–water partition coefficient (Wildman–Crippen LogP) is 5.93. The molecule has 1 unspecified atom stereocenters. The molecule has 166 valence electrons. The van der Waals surface area contributed by atoms with Gasteiger partial charge in [0.1, 0.15) is 5.75 Å². The molecule has 0 radical (unpaired) electrons. The molecule has 0 spiro atoms. The minimum absolute atomic E-state index is 0.246. The smallest absolute Gasteiger partial charge is 0.309 e. The fourth-order valence-electron chi connectivity index (χ4n) is 3.63. The second-order valence-corrected chi connectivity index (χ2v) is 8.41. The van der Waals surface area contributed by atoms with Crippen molar-refractivity contribution in [2.75, 3.05) is 6.61 Å². The number of hydrogen-bond donors (Lipinski definition) is 0. The molecule has 1 aromatic carbocycles. The molecule has 1 atom stereocenters. The van der Waals surface area contributed by atoms with E-state index in [1.165, 1.54) is 51.4 Å². The van der Waals surface area contributed by atoms with E-state index in [0.29, 0.717) is 12.4 Å². The topological polar surface area (TPSA) is 69.7 Å². The number of ketones is 2. The number of fused-ring (bicyclic) bond motifs is 1. The third-order valence-electron chi connectivity index (χ3n) is 5.48. The number of hydrogen-bond acceptors (Lipinski definition) is 5. The third-order valence-corrected chi connectivity index (χ3v) is 5.48. The van der Waals surface area contributed by atoms with Gasteiger partial charge in [-0.15, -0.1) is 0 Å². The fourth-order valence-corrected chi connectivity index (χ4v) is 3.63. The molecule has 5 heteroatoms. The van der Waals surface area contributed by atoms with Gasteiger partial charge in [-0.05, 0) is 12.5 Å². The Labute approximate surface area is 180 Å². The molecule has 2 rings (SSSR count). The van der Waals surface area contributed by atoms with Crippen LogP contribution in [0.25, 0.3) is 0 Å². The molecule has 0 aromatic heterocycles. The molecule has 5 nitrogen and oxygen atoms in total. The SMILES string of the molecule is CCCCCCCCCCCCOc1cccc2c1C(=O)C(OC(=O)C(C)C)C2=O. The van der Waals surface area contributed by atoms with Gasteiger partial charge in [-0.2, -0.15) is 0 Å². The Morgan fingerprint density at radius 2 is 1.50 bits per heavy atom. The molecular formula is C25H36O5. The molecule has 0 saturated heterocycles. The zero-order valence-electron chi connectivity index (χ0n) is 18.7. The number of unbranched alkanes of at least 4 members (excludes halogenated alkanes) is 9. The fraction of sp³-hybridized carbons (Fsp3) is 0.640. The van der Waals surface area contributed by atoms with Crippen molar-refractivity contribution in [2.45, 2.75) is 91.1 Å². The van der Waals surface area contributed by atoms with E-state index in [9.17, 15) is 14.4 Å².